The zero-order valence-corrected chi connectivity index (χ0v) is 34.3. The lowest BCUT2D eigenvalue weighted by Gasteiger charge is -2.26. The van der Waals surface area contributed by atoms with Gasteiger partial charge in [0, 0.05) is 34.1 Å². The highest BCUT2D eigenvalue weighted by Crippen LogP contribution is 2.38. The van der Waals surface area contributed by atoms with Crippen LogP contribution in [0.2, 0.25) is 0 Å². The molecule has 10 aromatic carbocycles. The van der Waals surface area contributed by atoms with E-state index in [1.807, 2.05) is 0 Å². The first-order chi connectivity index (χ1) is 30.7. The van der Waals surface area contributed by atoms with Gasteiger partial charge in [0.15, 0.2) is 0 Å². The second-order valence-corrected chi connectivity index (χ2v) is 15.5. The molecule has 10 aromatic rings. The Bertz CT molecular complexity index is 2910. The van der Waals surface area contributed by atoms with Gasteiger partial charge in [-0.3, -0.25) is 0 Å². The normalized spacial score (nSPS) is 11.4. The second-order valence-electron chi connectivity index (χ2n) is 15.5. The minimum Gasteiger partial charge on any atom is -0.311 e. The molecule has 0 aliphatic carbocycles. The SMILES string of the molecule is C(=Cc1ccc2ccccc2c1)c1ccc(N(c2ccccc2)c2ccc(-c3ccc(N(c4ccccc4)c4ccc(C=Cc5ccc6ccccc6c5)cc4)cc3)cc2)cc1. The van der Waals surface area contributed by atoms with Crippen molar-refractivity contribution in [2.45, 2.75) is 0 Å². The first-order valence-electron chi connectivity index (χ1n) is 21.2. The van der Waals surface area contributed by atoms with Crippen LogP contribution in [-0.4, -0.2) is 0 Å². The maximum Gasteiger partial charge on any atom is 0.0462 e. The van der Waals surface area contributed by atoms with Crippen LogP contribution < -0.4 is 9.80 Å². The molecule has 2 nitrogen and oxygen atoms in total. The fourth-order valence-electron chi connectivity index (χ4n) is 8.13. The van der Waals surface area contributed by atoms with Crippen molar-refractivity contribution >= 4 is 80.0 Å². The summed E-state index contributed by atoms with van der Waals surface area (Å²) < 4.78 is 0. The van der Waals surface area contributed by atoms with E-state index in [2.05, 4.69) is 277 Å². The molecule has 2 heteroatoms. The highest BCUT2D eigenvalue weighted by molar-refractivity contribution is 5.88. The fraction of sp³-hybridized carbons (Fsp3) is 0. The fourth-order valence-corrected chi connectivity index (χ4v) is 8.13. The van der Waals surface area contributed by atoms with Crippen LogP contribution in [0.25, 0.3) is 57.0 Å². The lowest BCUT2D eigenvalue weighted by molar-refractivity contribution is 1.28. The molecular weight excluding hydrogens is 749 g/mol. The first-order valence-corrected chi connectivity index (χ1v) is 21.2. The number of anilines is 6. The average Bonchev–Trinajstić information content (AvgIpc) is 3.35. The van der Waals surface area contributed by atoms with Crippen LogP contribution in [0.5, 0.6) is 0 Å². The number of rotatable bonds is 11. The van der Waals surface area contributed by atoms with Crippen LogP contribution in [0.1, 0.15) is 22.3 Å². The Kier molecular flexibility index (Phi) is 10.8. The van der Waals surface area contributed by atoms with E-state index in [9.17, 15) is 0 Å². The van der Waals surface area contributed by atoms with E-state index < -0.39 is 0 Å². The van der Waals surface area contributed by atoms with Crippen molar-refractivity contribution in [1.82, 2.24) is 0 Å². The third-order valence-electron chi connectivity index (χ3n) is 11.4. The van der Waals surface area contributed by atoms with Gasteiger partial charge in [-0.15, -0.1) is 0 Å². The lowest BCUT2D eigenvalue weighted by atomic mass is 10.0. The van der Waals surface area contributed by atoms with Gasteiger partial charge < -0.3 is 9.80 Å². The molecule has 0 saturated heterocycles. The zero-order valence-electron chi connectivity index (χ0n) is 34.3. The molecule has 0 amide bonds. The van der Waals surface area contributed by atoms with E-state index in [0.717, 1.165) is 56.4 Å². The van der Waals surface area contributed by atoms with Crippen molar-refractivity contribution in [3.63, 3.8) is 0 Å². The monoisotopic (exact) mass is 792 g/mol. The summed E-state index contributed by atoms with van der Waals surface area (Å²) >= 11 is 0. The topological polar surface area (TPSA) is 6.48 Å². The van der Waals surface area contributed by atoms with Gasteiger partial charge in [0.2, 0.25) is 0 Å². The molecule has 0 aliphatic rings. The van der Waals surface area contributed by atoms with Crippen LogP contribution in [0.15, 0.2) is 243 Å². The molecule has 0 aliphatic heterocycles. The van der Waals surface area contributed by atoms with Gasteiger partial charge in [0.25, 0.3) is 0 Å². The summed E-state index contributed by atoms with van der Waals surface area (Å²) in [5.74, 6) is 0. The minimum atomic E-state index is 1.10. The van der Waals surface area contributed by atoms with E-state index >= 15 is 0 Å². The van der Waals surface area contributed by atoms with Gasteiger partial charge in [0.1, 0.15) is 0 Å². The zero-order chi connectivity index (χ0) is 41.5. The van der Waals surface area contributed by atoms with Crippen LogP contribution in [0, 0.1) is 0 Å². The van der Waals surface area contributed by atoms with Gasteiger partial charge in [-0.25, -0.2) is 0 Å². The van der Waals surface area contributed by atoms with Crippen LogP contribution in [-0.2, 0) is 0 Å². The predicted molar refractivity (Wildman–Crippen MR) is 267 cm³/mol. The van der Waals surface area contributed by atoms with Crippen LogP contribution in [0.4, 0.5) is 34.1 Å². The Labute approximate surface area is 364 Å². The van der Waals surface area contributed by atoms with E-state index in [0.29, 0.717) is 0 Å². The molecule has 0 spiro atoms. The number of fused-ring (bicyclic) bond motifs is 2. The van der Waals surface area contributed by atoms with Gasteiger partial charge in [0.05, 0.1) is 0 Å². The minimum absolute atomic E-state index is 1.10. The van der Waals surface area contributed by atoms with Gasteiger partial charge >= 0.3 is 0 Å². The molecule has 62 heavy (non-hydrogen) atoms. The molecule has 0 saturated carbocycles. The number of benzene rings is 10. The standard InChI is InChI=1S/C60H44N2/c1-3-15-55(16-4-1)61(57-35-25-45(26-36-57)19-21-47-23-29-49-11-7-9-13-53(49)43-47)59-39-31-51(32-40-59)52-33-41-60(42-34-52)62(56-17-5-2-6-18-56)58-37-27-46(28-38-58)20-22-48-24-30-50-12-8-10-14-54(50)44-48/h1-44H. The van der Waals surface area contributed by atoms with E-state index in [1.165, 1.54) is 32.7 Å². The molecule has 0 unspecified atom stereocenters. The van der Waals surface area contributed by atoms with Crippen LogP contribution in [0.3, 0.4) is 0 Å². The summed E-state index contributed by atoms with van der Waals surface area (Å²) in [5.41, 5.74) is 13.6. The lowest BCUT2D eigenvalue weighted by Crippen LogP contribution is -2.10. The summed E-state index contributed by atoms with van der Waals surface area (Å²) in [5, 5.41) is 5.01. The molecule has 0 heterocycles. The average molecular weight is 793 g/mol. The van der Waals surface area contributed by atoms with Crippen molar-refractivity contribution in [2.75, 3.05) is 9.80 Å². The largest absolute Gasteiger partial charge is 0.311 e. The third kappa shape index (κ3) is 8.45. The Balaban J connectivity index is 0.875. The van der Waals surface area contributed by atoms with E-state index in [1.54, 1.807) is 0 Å². The molecule has 0 aromatic heterocycles. The molecule has 10 rings (SSSR count). The van der Waals surface area contributed by atoms with E-state index in [-0.39, 0.29) is 0 Å². The molecule has 0 bridgehead atoms. The molecule has 0 fully saturated rings. The number of nitrogens with zero attached hydrogens (tertiary/aromatic N) is 2. The van der Waals surface area contributed by atoms with Crippen molar-refractivity contribution < 1.29 is 0 Å². The number of hydrogen-bond donors (Lipinski definition) is 0. The van der Waals surface area contributed by atoms with Gasteiger partial charge in [-0.1, -0.05) is 182 Å². The smallest absolute Gasteiger partial charge is 0.0462 e. The Morgan fingerprint density at radius 1 is 0.210 bits per heavy atom. The molecule has 0 atom stereocenters. The summed E-state index contributed by atoms with van der Waals surface area (Å²) in [7, 11) is 0. The maximum absolute atomic E-state index is 2.31. The molecule has 294 valence electrons. The summed E-state index contributed by atoms with van der Waals surface area (Å²) in [6.45, 7) is 0. The number of hydrogen-bond acceptors (Lipinski definition) is 2. The Morgan fingerprint density at radius 2 is 0.484 bits per heavy atom. The third-order valence-corrected chi connectivity index (χ3v) is 11.4. The number of para-hydroxylation sites is 2. The van der Waals surface area contributed by atoms with Gasteiger partial charge in [-0.2, -0.15) is 0 Å². The quantitative estimate of drug-likeness (QED) is 0.120. The first kappa shape index (κ1) is 38.0. The van der Waals surface area contributed by atoms with Crippen molar-refractivity contribution in [2.24, 2.45) is 0 Å². The van der Waals surface area contributed by atoms with Crippen molar-refractivity contribution in [1.29, 1.82) is 0 Å². The summed E-state index contributed by atoms with van der Waals surface area (Å²) in [6.07, 6.45) is 8.74. The Hall–Kier alpha value is -8.20. The van der Waals surface area contributed by atoms with E-state index in [4.69, 9.17) is 0 Å². The molecule has 0 N–H and O–H groups in total. The molecule has 0 radical (unpaired) electrons. The van der Waals surface area contributed by atoms with Crippen LogP contribution >= 0.6 is 0 Å². The van der Waals surface area contributed by atoms with Gasteiger partial charge in [-0.05, 0) is 140 Å². The van der Waals surface area contributed by atoms with Crippen molar-refractivity contribution in [3.05, 3.63) is 265 Å². The second kappa shape index (κ2) is 17.6. The highest BCUT2D eigenvalue weighted by Gasteiger charge is 2.15. The summed E-state index contributed by atoms with van der Waals surface area (Å²) in [6, 6.07) is 86.7. The Morgan fingerprint density at radius 3 is 0.855 bits per heavy atom. The molecular formula is C60H44N2. The highest BCUT2D eigenvalue weighted by atomic mass is 15.1. The maximum atomic E-state index is 2.31. The predicted octanol–water partition coefficient (Wildman–Crippen LogP) is 16.9. The van der Waals surface area contributed by atoms with Crippen molar-refractivity contribution in [3.8, 4) is 11.1 Å². The summed E-state index contributed by atoms with van der Waals surface area (Å²) in [4.78, 5) is 4.62.